The van der Waals surface area contributed by atoms with E-state index in [9.17, 15) is 25.2 Å². The molecule has 0 unspecified atom stereocenters. The molecule has 1 spiro atoms. The highest BCUT2D eigenvalue weighted by Gasteiger charge is 2.57. The fraction of sp³-hybridized carbons (Fsp3) is 0.703. The Morgan fingerprint density at radius 1 is 1.15 bits per heavy atom. The topological polar surface area (TPSA) is 135 Å². The lowest BCUT2D eigenvalue weighted by Crippen LogP contribution is -2.61. The first-order valence-electron chi connectivity index (χ1n) is 16.8. The van der Waals surface area contributed by atoms with Crippen molar-refractivity contribution in [3.05, 3.63) is 58.7 Å². The molecule has 0 saturated carbocycles. The number of aliphatic hydroxyl groups excluding tert-OH is 3. The number of hydrogen-bond acceptors (Lipinski definition) is 9. The second-order valence-corrected chi connectivity index (χ2v) is 14.5. The molecule has 258 valence electrons. The maximum absolute atomic E-state index is 14.1. The third-order valence-corrected chi connectivity index (χ3v) is 10.1. The SMILES string of the molecule is CO[C@@H]1C(C)=C[C@H]2C(=O)O[C@H]3C[C@@H](CC=C(C)C[C@@H](C)C=CC=C(CO)[C@]2(O)[C@@H]1O)O[C@]1(C3)C[C@H](O)[C@H](C)[C@@H](/C(C)=C/C(C)C)O1. The highest BCUT2D eigenvalue weighted by atomic mass is 16.7. The fourth-order valence-corrected chi connectivity index (χ4v) is 7.79. The monoisotopic (exact) mass is 644 g/mol. The number of fused-ring (bicyclic) bond motifs is 3. The molecule has 11 atom stereocenters. The van der Waals surface area contributed by atoms with Crippen LogP contribution in [0.2, 0.25) is 0 Å². The van der Waals surface area contributed by atoms with Crippen LogP contribution in [0, 0.1) is 23.7 Å². The minimum Gasteiger partial charge on any atom is -0.462 e. The zero-order valence-corrected chi connectivity index (χ0v) is 28.8. The summed E-state index contributed by atoms with van der Waals surface area (Å²) in [5.41, 5.74) is 0.655. The number of allylic oxidation sites excluding steroid dienone is 5. The maximum atomic E-state index is 14.1. The van der Waals surface area contributed by atoms with Crippen molar-refractivity contribution in [2.45, 2.75) is 129 Å². The van der Waals surface area contributed by atoms with E-state index in [0.29, 0.717) is 24.3 Å². The van der Waals surface area contributed by atoms with Gasteiger partial charge in [-0.15, -0.1) is 0 Å². The van der Waals surface area contributed by atoms with Crippen LogP contribution in [0.1, 0.15) is 80.6 Å². The van der Waals surface area contributed by atoms with Crippen LogP contribution < -0.4 is 0 Å². The number of rotatable bonds is 4. The van der Waals surface area contributed by atoms with Gasteiger partial charge in [0.25, 0.3) is 0 Å². The summed E-state index contributed by atoms with van der Waals surface area (Å²) in [6, 6.07) is 0. The van der Waals surface area contributed by atoms with E-state index in [1.165, 1.54) is 12.7 Å². The molecule has 0 radical (unpaired) electrons. The number of carbonyl (C=O) groups excluding carboxylic acids is 1. The van der Waals surface area contributed by atoms with E-state index in [0.717, 1.165) is 12.0 Å². The van der Waals surface area contributed by atoms with E-state index in [1.54, 1.807) is 25.2 Å². The summed E-state index contributed by atoms with van der Waals surface area (Å²) in [5.74, 6) is -2.95. The predicted molar refractivity (Wildman–Crippen MR) is 175 cm³/mol. The molecular weight excluding hydrogens is 588 g/mol. The Morgan fingerprint density at radius 3 is 2.52 bits per heavy atom. The molecule has 2 saturated heterocycles. The number of aliphatic hydroxyl groups is 4. The lowest BCUT2D eigenvalue weighted by atomic mass is 9.69. The van der Waals surface area contributed by atoms with E-state index in [4.69, 9.17) is 18.9 Å². The average molecular weight is 645 g/mol. The van der Waals surface area contributed by atoms with Gasteiger partial charge in [-0.25, -0.2) is 0 Å². The Morgan fingerprint density at radius 2 is 1.87 bits per heavy atom. The summed E-state index contributed by atoms with van der Waals surface area (Å²) in [7, 11) is 1.43. The summed E-state index contributed by atoms with van der Waals surface area (Å²) in [6.07, 6.45) is 8.82. The number of carbonyl (C=O) groups is 1. The van der Waals surface area contributed by atoms with Gasteiger partial charge in [0.05, 0.1) is 24.9 Å². The molecular formula is C37H56O9. The molecule has 46 heavy (non-hydrogen) atoms. The van der Waals surface area contributed by atoms with Crippen molar-refractivity contribution in [3.63, 3.8) is 0 Å². The largest absolute Gasteiger partial charge is 0.462 e. The molecule has 0 aromatic rings. The zero-order valence-electron chi connectivity index (χ0n) is 28.8. The quantitative estimate of drug-likeness (QED) is 0.254. The van der Waals surface area contributed by atoms with Crippen LogP contribution in [0.5, 0.6) is 0 Å². The van der Waals surface area contributed by atoms with Crippen LogP contribution in [-0.4, -0.2) is 88.1 Å². The Hall–Kier alpha value is -2.11. The number of esters is 1. The van der Waals surface area contributed by atoms with Gasteiger partial charge in [-0.1, -0.05) is 69.7 Å². The fourth-order valence-electron chi connectivity index (χ4n) is 7.79. The summed E-state index contributed by atoms with van der Waals surface area (Å²) >= 11 is 0. The van der Waals surface area contributed by atoms with Gasteiger partial charge >= 0.3 is 5.97 Å². The van der Waals surface area contributed by atoms with Gasteiger partial charge in [0.2, 0.25) is 0 Å². The molecule has 4 aliphatic rings. The van der Waals surface area contributed by atoms with Crippen LogP contribution in [0.15, 0.2) is 58.7 Å². The average Bonchev–Trinajstić information content (AvgIpc) is 2.97. The van der Waals surface area contributed by atoms with Crippen molar-refractivity contribution in [1.82, 2.24) is 0 Å². The van der Waals surface area contributed by atoms with Crippen molar-refractivity contribution < 1.29 is 44.2 Å². The van der Waals surface area contributed by atoms with Gasteiger partial charge in [0, 0.05) is 32.3 Å². The highest BCUT2D eigenvalue weighted by Crippen LogP contribution is 2.46. The second kappa shape index (κ2) is 15.0. The molecule has 2 bridgehead atoms. The van der Waals surface area contributed by atoms with Crippen molar-refractivity contribution in [1.29, 1.82) is 0 Å². The molecule has 0 aromatic heterocycles. The van der Waals surface area contributed by atoms with Gasteiger partial charge in [-0.3, -0.25) is 4.79 Å². The summed E-state index contributed by atoms with van der Waals surface area (Å²) < 4.78 is 25.2. The van der Waals surface area contributed by atoms with E-state index >= 15 is 0 Å². The van der Waals surface area contributed by atoms with Crippen molar-refractivity contribution in [2.75, 3.05) is 13.7 Å². The molecule has 0 aromatic carbocycles. The lowest BCUT2D eigenvalue weighted by Gasteiger charge is -2.51. The first kappa shape index (κ1) is 36.7. The van der Waals surface area contributed by atoms with Crippen LogP contribution in [-0.2, 0) is 23.7 Å². The van der Waals surface area contributed by atoms with Gasteiger partial charge < -0.3 is 39.4 Å². The summed E-state index contributed by atoms with van der Waals surface area (Å²) in [4.78, 5) is 14.1. The maximum Gasteiger partial charge on any atom is 0.316 e. The Bertz CT molecular complexity index is 1250. The second-order valence-electron chi connectivity index (χ2n) is 14.5. The molecule has 4 rings (SSSR count). The molecule has 3 heterocycles. The van der Waals surface area contributed by atoms with E-state index in [1.807, 2.05) is 19.9 Å². The number of hydrogen-bond donors (Lipinski definition) is 4. The minimum absolute atomic E-state index is 0.0832. The molecule has 3 aliphatic heterocycles. The number of methoxy groups -OCH3 is 1. The molecule has 2 fully saturated rings. The Labute approximate surface area is 274 Å². The first-order chi connectivity index (χ1) is 21.6. The van der Waals surface area contributed by atoms with Crippen LogP contribution in [0.4, 0.5) is 0 Å². The normalized spacial score (nSPS) is 41.4. The van der Waals surface area contributed by atoms with E-state index in [2.05, 4.69) is 39.8 Å². The zero-order chi connectivity index (χ0) is 34.0. The standard InChI is InChI=1S/C37H56O9/c1-21(2)14-24(5)32-26(7)31(39)19-36(46-32)18-29-17-28(45-36)13-12-23(4)15-22(3)10-9-11-27(20-38)37(42)30(35(41)44-29)16-25(6)33(43-8)34(37)40/h9-12,14,16,21-22,26,28-34,38-40,42H,13,15,17-20H2,1-8H3/b10-9?,23-12?,24-14+,27-11?/t22-,26-,28+,29-,30-,31-,32+,33+,34+,36-,37+/m0/s1. The lowest BCUT2D eigenvalue weighted by molar-refractivity contribution is -0.343. The van der Waals surface area contributed by atoms with Gasteiger partial charge in [0.15, 0.2) is 5.79 Å². The molecule has 9 heteroatoms. The predicted octanol–water partition coefficient (Wildman–Crippen LogP) is 4.70. The third-order valence-electron chi connectivity index (χ3n) is 10.1. The van der Waals surface area contributed by atoms with Gasteiger partial charge in [-0.2, -0.15) is 0 Å². The number of ether oxygens (including phenoxy) is 4. The Balaban J connectivity index is 1.78. The van der Waals surface area contributed by atoms with Crippen molar-refractivity contribution in [3.8, 4) is 0 Å². The molecule has 1 aliphatic carbocycles. The molecule has 9 nitrogen and oxygen atoms in total. The summed E-state index contributed by atoms with van der Waals surface area (Å²) in [6.45, 7) is 13.5. The van der Waals surface area contributed by atoms with Crippen LogP contribution in [0.3, 0.4) is 0 Å². The van der Waals surface area contributed by atoms with Crippen LogP contribution in [0.25, 0.3) is 0 Å². The molecule has 0 amide bonds. The van der Waals surface area contributed by atoms with Gasteiger partial charge in [-0.05, 0) is 62.2 Å². The van der Waals surface area contributed by atoms with Crippen molar-refractivity contribution >= 4 is 5.97 Å². The summed E-state index contributed by atoms with van der Waals surface area (Å²) in [5, 5.41) is 45.4. The van der Waals surface area contributed by atoms with E-state index in [-0.39, 0.29) is 42.5 Å². The Kier molecular flexibility index (Phi) is 12.0. The minimum atomic E-state index is -2.19. The smallest absolute Gasteiger partial charge is 0.316 e. The van der Waals surface area contributed by atoms with Crippen molar-refractivity contribution in [2.24, 2.45) is 23.7 Å². The third kappa shape index (κ3) is 7.78. The van der Waals surface area contributed by atoms with Crippen LogP contribution >= 0.6 is 0 Å². The highest BCUT2D eigenvalue weighted by molar-refractivity contribution is 5.78. The van der Waals surface area contributed by atoms with Gasteiger partial charge in [0.1, 0.15) is 29.8 Å². The van der Waals surface area contributed by atoms with E-state index < -0.39 is 54.3 Å². The molecule has 4 N–H and O–H groups in total. The first-order valence-corrected chi connectivity index (χ1v) is 16.8.